The van der Waals surface area contributed by atoms with E-state index in [1.807, 2.05) is 6.07 Å². The molecule has 0 aliphatic rings. The zero-order valence-corrected chi connectivity index (χ0v) is 10.9. The highest BCUT2D eigenvalue weighted by molar-refractivity contribution is 5.71. The normalized spacial score (nSPS) is 9.79. The van der Waals surface area contributed by atoms with Crippen LogP contribution in [0.2, 0.25) is 0 Å². The van der Waals surface area contributed by atoms with Gasteiger partial charge in [-0.2, -0.15) is 5.26 Å². The van der Waals surface area contributed by atoms with E-state index in [9.17, 15) is 0 Å². The fourth-order valence-electron chi connectivity index (χ4n) is 1.82. The highest BCUT2D eigenvalue weighted by atomic mass is 16.5. The van der Waals surface area contributed by atoms with Crippen molar-refractivity contribution in [2.45, 2.75) is 0 Å². The maximum absolute atomic E-state index is 9.00. The number of H-pyrrole nitrogens is 1. The SMILES string of the molecule is COc1cc(-c2[nH]cnc2C#N)cc(OC)c1OC. The lowest BCUT2D eigenvalue weighted by atomic mass is 10.1. The van der Waals surface area contributed by atoms with Gasteiger partial charge in [0.1, 0.15) is 6.07 Å². The Kier molecular flexibility index (Phi) is 3.57. The molecule has 0 saturated carbocycles. The van der Waals surface area contributed by atoms with Gasteiger partial charge in [0.2, 0.25) is 5.75 Å². The van der Waals surface area contributed by atoms with Gasteiger partial charge in [-0.05, 0) is 12.1 Å². The summed E-state index contributed by atoms with van der Waals surface area (Å²) in [4.78, 5) is 6.86. The summed E-state index contributed by atoms with van der Waals surface area (Å²) in [5, 5.41) is 9.00. The van der Waals surface area contributed by atoms with Crippen LogP contribution in [0, 0.1) is 11.3 Å². The number of aromatic amines is 1. The van der Waals surface area contributed by atoms with E-state index in [0.717, 1.165) is 5.56 Å². The first-order valence-corrected chi connectivity index (χ1v) is 5.49. The summed E-state index contributed by atoms with van der Waals surface area (Å²) in [6.45, 7) is 0. The summed E-state index contributed by atoms with van der Waals surface area (Å²) >= 11 is 0. The summed E-state index contributed by atoms with van der Waals surface area (Å²) in [5.41, 5.74) is 1.67. The standard InChI is InChI=1S/C13H13N3O3/c1-17-10-4-8(5-11(18-2)13(10)19-3)12-9(6-14)15-7-16-12/h4-5,7H,1-3H3,(H,15,16). The molecule has 1 aromatic heterocycles. The second kappa shape index (κ2) is 5.31. The first-order chi connectivity index (χ1) is 9.24. The molecule has 2 aromatic rings. The van der Waals surface area contributed by atoms with Gasteiger partial charge in [-0.15, -0.1) is 0 Å². The molecule has 0 spiro atoms. The van der Waals surface area contributed by atoms with Crippen LogP contribution in [0.5, 0.6) is 17.2 Å². The summed E-state index contributed by atoms with van der Waals surface area (Å²) in [7, 11) is 4.62. The van der Waals surface area contributed by atoms with E-state index in [4.69, 9.17) is 19.5 Å². The van der Waals surface area contributed by atoms with E-state index in [2.05, 4.69) is 9.97 Å². The number of rotatable bonds is 4. The minimum Gasteiger partial charge on any atom is -0.493 e. The minimum absolute atomic E-state index is 0.314. The molecule has 1 heterocycles. The van der Waals surface area contributed by atoms with E-state index < -0.39 is 0 Å². The number of hydrogen-bond donors (Lipinski definition) is 1. The van der Waals surface area contributed by atoms with Crippen molar-refractivity contribution in [3.05, 3.63) is 24.2 Å². The molecule has 6 heteroatoms. The van der Waals surface area contributed by atoms with Gasteiger partial charge in [-0.25, -0.2) is 4.98 Å². The predicted molar refractivity (Wildman–Crippen MR) is 68.4 cm³/mol. The molecule has 0 radical (unpaired) electrons. The summed E-state index contributed by atoms with van der Waals surface area (Å²) in [6, 6.07) is 5.54. The smallest absolute Gasteiger partial charge is 0.203 e. The molecule has 0 amide bonds. The van der Waals surface area contributed by atoms with Gasteiger partial charge in [-0.3, -0.25) is 0 Å². The molecular weight excluding hydrogens is 246 g/mol. The number of hydrogen-bond acceptors (Lipinski definition) is 5. The second-order valence-electron chi connectivity index (χ2n) is 3.65. The van der Waals surface area contributed by atoms with Gasteiger partial charge >= 0.3 is 0 Å². The zero-order chi connectivity index (χ0) is 13.8. The van der Waals surface area contributed by atoms with Crippen molar-refractivity contribution in [3.63, 3.8) is 0 Å². The average molecular weight is 259 g/mol. The van der Waals surface area contributed by atoms with Gasteiger partial charge in [0.05, 0.1) is 33.4 Å². The van der Waals surface area contributed by atoms with Crippen molar-refractivity contribution in [2.24, 2.45) is 0 Å². The first kappa shape index (κ1) is 12.8. The second-order valence-corrected chi connectivity index (χ2v) is 3.65. The number of aromatic nitrogens is 2. The van der Waals surface area contributed by atoms with Crippen LogP contribution in [0.3, 0.4) is 0 Å². The Morgan fingerprint density at radius 3 is 2.21 bits per heavy atom. The average Bonchev–Trinajstić information content (AvgIpc) is 2.93. The summed E-state index contributed by atoms with van der Waals surface area (Å²) in [6.07, 6.45) is 1.47. The molecule has 19 heavy (non-hydrogen) atoms. The number of imidazole rings is 1. The van der Waals surface area contributed by atoms with Crippen LogP contribution in [0.4, 0.5) is 0 Å². The third-order valence-corrected chi connectivity index (χ3v) is 2.70. The number of nitrogens with one attached hydrogen (secondary N) is 1. The number of nitrogens with zero attached hydrogens (tertiary/aromatic N) is 2. The molecule has 0 fully saturated rings. The molecule has 2 rings (SSSR count). The molecule has 6 nitrogen and oxygen atoms in total. The highest BCUT2D eigenvalue weighted by Gasteiger charge is 2.16. The Morgan fingerprint density at radius 2 is 1.74 bits per heavy atom. The van der Waals surface area contributed by atoms with Crippen LogP contribution >= 0.6 is 0 Å². The molecular formula is C13H13N3O3. The Bertz CT molecular complexity index is 603. The zero-order valence-electron chi connectivity index (χ0n) is 10.9. The molecule has 0 saturated heterocycles. The molecule has 0 aliphatic carbocycles. The van der Waals surface area contributed by atoms with Gasteiger partial charge in [-0.1, -0.05) is 0 Å². The van der Waals surface area contributed by atoms with E-state index in [0.29, 0.717) is 28.6 Å². The lowest BCUT2D eigenvalue weighted by Crippen LogP contribution is -1.96. The molecule has 98 valence electrons. The maximum atomic E-state index is 9.00. The molecule has 1 N–H and O–H groups in total. The summed E-state index contributed by atoms with van der Waals surface area (Å²) < 4.78 is 15.8. The van der Waals surface area contributed by atoms with E-state index in [-0.39, 0.29) is 0 Å². The van der Waals surface area contributed by atoms with Crippen molar-refractivity contribution in [3.8, 4) is 34.6 Å². The molecule has 0 aliphatic heterocycles. The molecule has 0 atom stereocenters. The first-order valence-electron chi connectivity index (χ1n) is 5.49. The van der Waals surface area contributed by atoms with Gasteiger partial charge in [0, 0.05) is 5.56 Å². The van der Waals surface area contributed by atoms with Crippen LogP contribution in [0.15, 0.2) is 18.5 Å². The molecule has 0 unspecified atom stereocenters. The third-order valence-electron chi connectivity index (χ3n) is 2.70. The van der Waals surface area contributed by atoms with Crippen molar-refractivity contribution >= 4 is 0 Å². The number of methoxy groups -OCH3 is 3. The number of benzene rings is 1. The van der Waals surface area contributed by atoms with Crippen molar-refractivity contribution < 1.29 is 14.2 Å². The Labute approximate surface area is 110 Å². The maximum Gasteiger partial charge on any atom is 0.203 e. The van der Waals surface area contributed by atoms with E-state index >= 15 is 0 Å². The largest absolute Gasteiger partial charge is 0.493 e. The van der Waals surface area contributed by atoms with Gasteiger partial charge in [0.25, 0.3) is 0 Å². The predicted octanol–water partition coefficient (Wildman–Crippen LogP) is 1.97. The highest BCUT2D eigenvalue weighted by Crippen LogP contribution is 2.41. The Hall–Kier alpha value is -2.68. The van der Waals surface area contributed by atoms with Crippen LogP contribution < -0.4 is 14.2 Å². The van der Waals surface area contributed by atoms with Crippen LogP contribution in [-0.4, -0.2) is 31.3 Å². The lowest BCUT2D eigenvalue weighted by molar-refractivity contribution is 0.324. The summed E-state index contributed by atoms with van der Waals surface area (Å²) in [5.74, 6) is 1.55. The van der Waals surface area contributed by atoms with Crippen LogP contribution in [0.1, 0.15) is 5.69 Å². The Balaban J connectivity index is 2.63. The van der Waals surface area contributed by atoms with Crippen molar-refractivity contribution in [2.75, 3.05) is 21.3 Å². The van der Waals surface area contributed by atoms with Crippen LogP contribution in [0.25, 0.3) is 11.3 Å². The number of nitriles is 1. The van der Waals surface area contributed by atoms with Crippen LogP contribution in [-0.2, 0) is 0 Å². The van der Waals surface area contributed by atoms with E-state index in [1.165, 1.54) is 13.4 Å². The number of ether oxygens (including phenoxy) is 3. The monoisotopic (exact) mass is 259 g/mol. The van der Waals surface area contributed by atoms with E-state index in [1.54, 1.807) is 26.4 Å². The van der Waals surface area contributed by atoms with Gasteiger partial charge in [0.15, 0.2) is 17.2 Å². The lowest BCUT2D eigenvalue weighted by Gasteiger charge is -2.13. The molecule has 1 aromatic carbocycles. The van der Waals surface area contributed by atoms with Crippen molar-refractivity contribution in [1.82, 2.24) is 9.97 Å². The van der Waals surface area contributed by atoms with Crippen molar-refractivity contribution in [1.29, 1.82) is 5.26 Å². The molecule has 0 bridgehead atoms. The quantitative estimate of drug-likeness (QED) is 0.908. The third kappa shape index (κ3) is 2.18. The fourth-order valence-corrected chi connectivity index (χ4v) is 1.82. The topological polar surface area (TPSA) is 80.2 Å². The van der Waals surface area contributed by atoms with Gasteiger partial charge < -0.3 is 19.2 Å². The minimum atomic E-state index is 0.314. The Morgan fingerprint density at radius 1 is 1.11 bits per heavy atom. The fraction of sp³-hybridized carbons (Fsp3) is 0.231.